The van der Waals surface area contributed by atoms with Crippen LogP contribution in [0.4, 0.5) is 0 Å². The fourth-order valence-electron chi connectivity index (χ4n) is 2.20. The van der Waals surface area contributed by atoms with Gasteiger partial charge < -0.3 is 20.1 Å². The molecule has 0 aliphatic heterocycles. The van der Waals surface area contributed by atoms with E-state index in [-0.39, 0.29) is 19.8 Å². The van der Waals surface area contributed by atoms with Gasteiger partial charge in [0.05, 0.1) is 12.7 Å². The van der Waals surface area contributed by atoms with Crippen LogP contribution in [0.15, 0.2) is 41.6 Å². The van der Waals surface area contributed by atoms with E-state index < -0.39 is 6.10 Å². The third-order valence-electron chi connectivity index (χ3n) is 3.52. The second kappa shape index (κ2) is 11.9. The predicted molar refractivity (Wildman–Crippen MR) is 91.4 cm³/mol. The Balaban J connectivity index is 2.59. The number of hydrogen-bond acceptors (Lipinski definition) is 4. The summed E-state index contributed by atoms with van der Waals surface area (Å²) in [5, 5.41) is 28.0. The summed E-state index contributed by atoms with van der Waals surface area (Å²) in [6.07, 6.45) is 5.54. The summed E-state index contributed by atoms with van der Waals surface area (Å²) in [4.78, 5) is 0. The number of aliphatic hydroxyl groups is 3. The van der Waals surface area contributed by atoms with E-state index in [1.807, 2.05) is 18.2 Å². The Bertz CT molecular complexity index is 487. The number of aliphatic hydroxyl groups excluding tert-OH is 3. The molecule has 0 unspecified atom stereocenters. The van der Waals surface area contributed by atoms with E-state index in [2.05, 4.69) is 12.7 Å². The molecule has 0 radical (unpaired) electrons. The number of unbranched alkanes of at least 4 members (excludes halogenated alkanes) is 1. The largest absolute Gasteiger partial charge is 0.491 e. The molecule has 0 aliphatic carbocycles. The zero-order valence-electron chi connectivity index (χ0n) is 13.9. The molecule has 4 heteroatoms. The summed E-state index contributed by atoms with van der Waals surface area (Å²) in [5.74, 6) is 0.676. The molecule has 23 heavy (non-hydrogen) atoms. The standard InChI is InChI=1S/C19H28O4/c1-2-3-5-16(12-13-20)6-4-7-19(22)17-8-10-18(11-9-17)23-15-14-21/h4,8-11,19-22H,2-3,5,7,12-15H2,1H3/t6?,19-/m1/s1. The Morgan fingerprint density at radius 2 is 1.91 bits per heavy atom. The molecule has 1 rings (SSSR count). The van der Waals surface area contributed by atoms with Gasteiger partial charge >= 0.3 is 0 Å². The highest BCUT2D eigenvalue weighted by Crippen LogP contribution is 2.20. The fourth-order valence-corrected chi connectivity index (χ4v) is 2.20. The minimum absolute atomic E-state index is 0.0181. The zero-order valence-corrected chi connectivity index (χ0v) is 13.9. The molecule has 0 saturated heterocycles. The smallest absolute Gasteiger partial charge is 0.119 e. The lowest BCUT2D eigenvalue weighted by Gasteiger charge is -2.09. The first-order valence-corrected chi connectivity index (χ1v) is 8.26. The molecule has 0 aromatic heterocycles. The van der Waals surface area contributed by atoms with Gasteiger partial charge in [0.2, 0.25) is 0 Å². The lowest BCUT2D eigenvalue weighted by atomic mass is 10.0. The summed E-state index contributed by atoms with van der Waals surface area (Å²) in [6, 6.07) is 7.21. The first-order chi connectivity index (χ1) is 11.2. The van der Waals surface area contributed by atoms with Gasteiger partial charge in [0.1, 0.15) is 12.4 Å². The van der Waals surface area contributed by atoms with Crippen LogP contribution in [0.5, 0.6) is 5.75 Å². The van der Waals surface area contributed by atoms with Crippen LogP contribution in [-0.4, -0.2) is 35.1 Å². The summed E-state index contributed by atoms with van der Waals surface area (Å²) in [6.45, 7) is 2.52. The van der Waals surface area contributed by atoms with Gasteiger partial charge in [-0.1, -0.05) is 25.5 Å². The van der Waals surface area contributed by atoms with Crippen LogP contribution >= 0.6 is 0 Å². The summed E-state index contributed by atoms with van der Waals surface area (Å²) in [5.41, 5.74) is 5.14. The van der Waals surface area contributed by atoms with E-state index in [1.54, 1.807) is 12.1 Å². The molecule has 0 bridgehead atoms. The fraction of sp³-hybridized carbons (Fsp3) is 0.526. The van der Waals surface area contributed by atoms with Crippen molar-refractivity contribution in [3.8, 4) is 5.75 Å². The molecule has 0 aliphatic rings. The summed E-state index contributed by atoms with van der Waals surface area (Å²) in [7, 11) is 0. The maximum Gasteiger partial charge on any atom is 0.119 e. The number of benzene rings is 1. The molecular formula is C19H28O4. The van der Waals surface area contributed by atoms with Gasteiger partial charge in [0.25, 0.3) is 0 Å². The van der Waals surface area contributed by atoms with E-state index in [4.69, 9.17) is 14.9 Å². The van der Waals surface area contributed by atoms with Crippen molar-refractivity contribution in [1.29, 1.82) is 0 Å². The predicted octanol–water partition coefficient (Wildman–Crippen LogP) is 3.14. The van der Waals surface area contributed by atoms with E-state index >= 15 is 0 Å². The van der Waals surface area contributed by atoms with Gasteiger partial charge in [0.15, 0.2) is 0 Å². The minimum Gasteiger partial charge on any atom is -0.491 e. The molecule has 3 N–H and O–H groups in total. The molecule has 0 saturated carbocycles. The van der Waals surface area contributed by atoms with E-state index in [9.17, 15) is 5.11 Å². The number of hydrogen-bond donors (Lipinski definition) is 3. The van der Waals surface area contributed by atoms with Crippen molar-refractivity contribution in [3.05, 3.63) is 47.2 Å². The third-order valence-corrected chi connectivity index (χ3v) is 3.52. The normalized spacial score (nSPS) is 11.7. The van der Waals surface area contributed by atoms with Gasteiger partial charge in [0, 0.05) is 13.0 Å². The van der Waals surface area contributed by atoms with Crippen molar-refractivity contribution in [2.75, 3.05) is 19.8 Å². The Labute approximate surface area is 138 Å². The molecule has 0 spiro atoms. The summed E-state index contributed by atoms with van der Waals surface area (Å²) < 4.78 is 5.29. The monoisotopic (exact) mass is 320 g/mol. The van der Waals surface area contributed by atoms with E-state index in [0.29, 0.717) is 18.6 Å². The first kappa shape index (κ1) is 19.5. The maximum atomic E-state index is 10.2. The van der Waals surface area contributed by atoms with Crippen LogP contribution in [0.1, 0.15) is 50.7 Å². The number of rotatable bonds is 11. The average Bonchev–Trinajstić information content (AvgIpc) is 2.58. The van der Waals surface area contributed by atoms with Crippen LogP contribution in [0.2, 0.25) is 0 Å². The second-order valence-corrected chi connectivity index (χ2v) is 5.42. The highest BCUT2D eigenvalue weighted by Gasteiger charge is 2.05. The second-order valence-electron chi connectivity index (χ2n) is 5.42. The van der Waals surface area contributed by atoms with Gasteiger partial charge in [-0.3, -0.25) is 0 Å². The first-order valence-electron chi connectivity index (χ1n) is 8.26. The van der Waals surface area contributed by atoms with Crippen molar-refractivity contribution in [2.24, 2.45) is 0 Å². The lowest BCUT2D eigenvalue weighted by molar-refractivity contribution is 0.181. The quantitative estimate of drug-likeness (QED) is 0.548. The van der Waals surface area contributed by atoms with Crippen LogP contribution in [0.3, 0.4) is 0 Å². The molecule has 0 fully saturated rings. The van der Waals surface area contributed by atoms with Gasteiger partial charge in [-0.2, -0.15) is 0 Å². The Morgan fingerprint density at radius 3 is 2.52 bits per heavy atom. The lowest BCUT2D eigenvalue weighted by Crippen LogP contribution is -2.02. The van der Waals surface area contributed by atoms with Gasteiger partial charge in [-0.15, -0.1) is 5.73 Å². The maximum absolute atomic E-state index is 10.2. The van der Waals surface area contributed by atoms with Crippen molar-refractivity contribution in [3.63, 3.8) is 0 Å². The zero-order chi connectivity index (χ0) is 16.9. The van der Waals surface area contributed by atoms with Crippen LogP contribution in [0.25, 0.3) is 0 Å². The van der Waals surface area contributed by atoms with Crippen molar-refractivity contribution in [1.82, 2.24) is 0 Å². The van der Waals surface area contributed by atoms with Crippen LogP contribution in [-0.2, 0) is 0 Å². The molecule has 1 atom stereocenters. The van der Waals surface area contributed by atoms with Crippen molar-refractivity contribution in [2.45, 2.75) is 45.1 Å². The Morgan fingerprint density at radius 1 is 1.17 bits per heavy atom. The highest BCUT2D eigenvalue weighted by molar-refractivity contribution is 5.28. The van der Waals surface area contributed by atoms with Crippen LogP contribution in [0, 0.1) is 0 Å². The topological polar surface area (TPSA) is 69.9 Å². The third kappa shape index (κ3) is 8.00. The van der Waals surface area contributed by atoms with E-state index in [1.165, 1.54) is 0 Å². The van der Waals surface area contributed by atoms with E-state index in [0.717, 1.165) is 30.4 Å². The Kier molecular flexibility index (Phi) is 10.1. The van der Waals surface area contributed by atoms with Gasteiger partial charge in [-0.05, 0) is 48.6 Å². The van der Waals surface area contributed by atoms with Gasteiger partial charge in [-0.25, -0.2) is 0 Å². The molecule has 128 valence electrons. The molecule has 0 heterocycles. The van der Waals surface area contributed by atoms with Crippen molar-refractivity contribution >= 4 is 0 Å². The average molecular weight is 320 g/mol. The highest BCUT2D eigenvalue weighted by atomic mass is 16.5. The molecular weight excluding hydrogens is 292 g/mol. The van der Waals surface area contributed by atoms with Crippen molar-refractivity contribution < 1.29 is 20.1 Å². The van der Waals surface area contributed by atoms with Crippen LogP contribution < -0.4 is 4.74 Å². The molecule has 1 aromatic carbocycles. The SMILES string of the molecule is CCCCC(=C=CC[C@@H](O)c1ccc(OCCO)cc1)CCO. The number of ether oxygens (including phenoxy) is 1. The molecule has 0 amide bonds. The molecule has 4 nitrogen and oxygen atoms in total. The summed E-state index contributed by atoms with van der Waals surface area (Å²) >= 11 is 0. The Hall–Kier alpha value is -1.58. The minimum atomic E-state index is -0.587. The molecule has 1 aromatic rings.